The quantitative estimate of drug-likeness (QED) is 0.245. The summed E-state index contributed by atoms with van der Waals surface area (Å²) in [5.41, 5.74) is 2.33. The zero-order valence-electron chi connectivity index (χ0n) is 23.5. The summed E-state index contributed by atoms with van der Waals surface area (Å²) < 4.78 is 17.3. The van der Waals surface area contributed by atoms with E-state index in [-0.39, 0.29) is 42.0 Å². The second kappa shape index (κ2) is 14.6. The molecule has 0 aliphatic heterocycles. The van der Waals surface area contributed by atoms with Crippen LogP contribution >= 0.6 is 34.4 Å². The number of methoxy groups -OCH3 is 1. The van der Waals surface area contributed by atoms with Crippen molar-refractivity contribution in [3.8, 4) is 0 Å². The van der Waals surface area contributed by atoms with E-state index in [1.54, 1.807) is 36.6 Å². The number of fused-ring (bicyclic) bond motifs is 2. The molecule has 1 aliphatic rings. The summed E-state index contributed by atoms with van der Waals surface area (Å²) in [7, 11) is 1.28. The van der Waals surface area contributed by atoms with E-state index in [1.165, 1.54) is 18.4 Å². The van der Waals surface area contributed by atoms with Crippen LogP contribution < -0.4 is 10.1 Å². The van der Waals surface area contributed by atoms with E-state index in [0.29, 0.717) is 26.3 Å². The van der Waals surface area contributed by atoms with Crippen molar-refractivity contribution >= 4 is 79.4 Å². The van der Waals surface area contributed by atoms with Crippen LogP contribution in [-0.2, 0) is 48.0 Å². The number of aryl methyl sites for hydroxylation is 1. The SMILES string of the molecule is CCOC(=O)Cn1c(=NC(=O)CSCC(=O)Nc2sc3c(c2C(=O)OCC)CCCC3)sc2cc(C(=O)OC)ccc21. The minimum Gasteiger partial charge on any atom is -0.465 e. The number of aromatic nitrogens is 1. The fourth-order valence-corrected chi connectivity index (χ4v) is 7.48. The van der Waals surface area contributed by atoms with Gasteiger partial charge < -0.3 is 24.1 Å². The predicted octanol–water partition coefficient (Wildman–Crippen LogP) is 3.97. The van der Waals surface area contributed by atoms with Crippen molar-refractivity contribution in [1.29, 1.82) is 0 Å². The number of carbonyl (C=O) groups excluding carboxylic acids is 5. The van der Waals surface area contributed by atoms with Crippen molar-refractivity contribution in [3.05, 3.63) is 44.6 Å². The molecule has 0 atom stereocenters. The number of hydrogen-bond donors (Lipinski definition) is 1. The number of carbonyl (C=O) groups is 5. The summed E-state index contributed by atoms with van der Waals surface area (Å²) in [4.78, 5) is 68.0. The Morgan fingerprint density at radius 3 is 2.50 bits per heavy atom. The van der Waals surface area contributed by atoms with Gasteiger partial charge in [-0.15, -0.1) is 23.1 Å². The third-order valence-corrected chi connectivity index (χ3v) is 9.45. The lowest BCUT2D eigenvalue weighted by atomic mass is 9.95. The number of nitrogens with one attached hydrogen (secondary N) is 1. The Hall–Kier alpha value is -3.49. The molecule has 3 aromatic rings. The van der Waals surface area contributed by atoms with Gasteiger partial charge in [0.25, 0.3) is 5.91 Å². The number of anilines is 1. The lowest BCUT2D eigenvalue weighted by Gasteiger charge is -2.12. The summed E-state index contributed by atoms with van der Waals surface area (Å²) >= 11 is 3.64. The number of esters is 3. The number of rotatable bonds is 11. The normalized spacial score (nSPS) is 13.0. The van der Waals surface area contributed by atoms with Crippen LogP contribution in [0.5, 0.6) is 0 Å². The van der Waals surface area contributed by atoms with Crippen molar-refractivity contribution in [2.45, 2.75) is 46.1 Å². The Bertz CT molecular complexity index is 1590. The van der Waals surface area contributed by atoms with Crippen LogP contribution in [0.2, 0.25) is 0 Å². The van der Waals surface area contributed by atoms with Crippen LogP contribution in [0.3, 0.4) is 0 Å². The van der Waals surface area contributed by atoms with Gasteiger partial charge in [-0.3, -0.25) is 14.4 Å². The first-order chi connectivity index (χ1) is 20.2. The molecule has 0 unspecified atom stereocenters. The van der Waals surface area contributed by atoms with Gasteiger partial charge in [-0.1, -0.05) is 11.3 Å². The van der Waals surface area contributed by atoms with Gasteiger partial charge in [-0.25, -0.2) is 9.59 Å². The fourth-order valence-electron chi connectivity index (χ4n) is 4.50. The molecular weight excluding hydrogens is 603 g/mol. The molecule has 0 radical (unpaired) electrons. The Labute approximate surface area is 254 Å². The minimum absolute atomic E-state index is 0.0240. The van der Waals surface area contributed by atoms with Gasteiger partial charge in [-0.2, -0.15) is 4.99 Å². The predicted molar refractivity (Wildman–Crippen MR) is 161 cm³/mol. The largest absolute Gasteiger partial charge is 0.465 e. The first-order valence-corrected chi connectivity index (χ1v) is 16.2. The van der Waals surface area contributed by atoms with E-state index in [1.807, 2.05) is 0 Å². The molecule has 0 spiro atoms. The number of amides is 2. The number of ether oxygens (including phenoxy) is 3. The van der Waals surface area contributed by atoms with Gasteiger partial charge >= 0.3 is 17.9 Å². The lowest BCUT2D eigenvalue weighted by molar-refractivity contribution is -0.143. The van der Waals surface area contributed by atoms with Crippen molar-refractivity contribution in [2.75, 3.05) is 37.1 Å². The van der Waals surface area contributed by atoms with Crippen LogP contribution in [0.25, 0.3) is 10.2 Å². The smallest absolute Gasteiger partial charge is 0.341 e. The van der Waals surface area contributed by atoms with Crippen LogP contribution in [0, 0.1) is 0 Å². The van der Waals surface area contributed by atoms with E-state index in [4.69, 9.17) is 14.2 Å². The summed E-state index contributed by atoms with van der Waals surface area (Å²) in [6.45, 7) is 3.71. The third kappa shape index (κ3) is 7.47. The molecule has 0 saturated carbocycles. The third-order valence-electron chi connectivity index (χ3n) is 6.28. The second-order valence-electron chi connectivity index (χ2n) is 9.13. The van der Waals surface area contributed by atoms with Crippen LogP contribution in [-0.4, -0.2) is 66.1 Å². The fraction of sp³-hybridized carbons (Fsp3) is 0.429. The molecule has 0 fully saturated rings. The zero-order chi connectivity index (χ0) is 30.2. The summed E-state index contributed by atoms with van der Waals surface area (Å²) in [6, 6.07) is 4.84. The van der Waals surface area contributed by atoms with Crippen LogP contribution in [0.4, 0.5) is 5.00 Å². The lowest BCUT2D eigenvalue weighted by Crippen LogP contribution is -2.23. The van der Waals surface area contributed by atoms with Gasteiger partial charge in [-0.05, 0) is 63.3 Å². The summed E-state index contributed by atoms with van der Waals surface area (Å²) in [5.74, 6) is -2.39. The highest BCUT2D eigenvalue weighted by Crippen LogP contribution is 2.38. The number of thioether (sulfide) groups is 1. The molecule has 1 aliphatic carbocycles. The van der Waals surface area contributed by atoms with Crippen LogP contribution in [0.15, 0.2) is 23.2 Å². The Balaban J connectivity index is 1.46. The van der Waals surface area contributed by atoms with E-state index in [9.17, 15) is 24.0 Å². The molecule has 224 valence electrons. The van der Waals surface area contributed by atoms with Gasteiger partial charge in [0, 0.05) is 4.88 Å². The van der Waals surface area contributed by atoms with Gasteiger partial charge in [0.15, 0.2) is 4.80 Å². The monoisotopic (exact) mass is 633 g/mol. The maximum absolute atomic E-state index is 12.8. The number of hydrogen-bond acceptors (Lipinski definition) is 11. The van der Waals surface area contributed by atoms with E-state index < -0.39 is 23.8 Å². The molecule has 2 heterocycles. The van der Waals surface area contributed by atoms with Gasteiger partial charge in [0.2, 0.25) is 5.91 Å². The number of nitrogens with zero attached hydrogens (tertiary/aromatic N) is 2. The highest BCUT2D eigenvalue weighted by molar-refractivity contribution is 8.00. The molecule has 14 heteroatoms. The Kier molecular flexibility index (Phi) is 10.9. The van der Waals surface area contributed by atoms with E-state index in [2.05, 4.69) is 10.3 Å². The summed E-state index contributed by atoms with van der Waals surface area (Å²) in [5, 5.41) is 3.32. The van der Waals surface area contributed by atoms with E-state index in [0.717, 1.165) is 59.2 Å². The zero-order valence-corrected chi connectivity index (χ0v) is 25.9. The molecule has 1 aromatic carbocycles. The molecule has 0 bridgehead atoms. The van der Waals surface area contributed by atoms with Crippen molar-refractivity contribution in [2.24, 2.45) is 4.99 Å². The Morgan fingerprint density at radius 2 is 1.76 bits per heavy atom. The molecule has 2 aromatic heterocycles. The highest BCUT2D eigenvalue weighted by Gasteiger charge is 2.27. The van der Waals surface area contributed by atoms with Crippen molar-refractivity contribution in [3.63, 3.8) is 0 Å². The van der Waals surface area contributed by atoms with Crippen LogP contribution in [0.1, 0.15) is 57.8 Å². The molecule has 11 nitrogen and oxygen atoms in total. The molecule has 42 heavy (non-hydrogen) atoms. The summed E-state index contributed by atoms with van der Waals surface area (Å²) in [6.07, 6.45) is 3.66. The topological polar surface area (TPSA) is 142 Å². The number of benzene rings is 1. The first kappa shape index (κ1) is 31.4. The maximum Gasteiger partial charge on any atom is 0.341 e. The average molecular weight is 634 g/mol. The number of thiazole rings is 1. The molecular formula is C28H31N3O8S3. The number of thiophene rings is 1. The van der Waals surface area contributed by atoms with Crippen molar-refractivity contribution < 1.29 is 38.2 Å². The van der Waals surface area contributed by atoms with E-state index >= 15 is 0 Å². The average Bonchev–Trinajstić information content (AvgIpc) is 3.49. The minimum atomic E-state index is -0.511. The highest BCUT2D eigenvalue weighted by atomic mass is 32.2. The standard InChI is InChI=1S/C28H31N3O8S3/c1-4-38-23(34)13-31-18-11-10-16(26(35)37-3)12-20(18)42-28(31)30-22(33)15-40-14-21(32)29-25-24(27(36)39-5-2)17-8-6-7-9-19(17)41-25/h10-12H,4-9,13-15H2,1-3H3,(H,29,32). The molecule has 1 N–H and O–H groups in total. The molecule has 0 saturated heterocycles. The first-order valence-electron chi connectivity index (χ1n) is 13.4. The Morgan fingerprint density at radius 1 is 1.00 bits per heavy atom. The second-order valence-corrected chi connectivity index (χ2v) is 12.2. The van der Waals surface area contributed by atoms with Crippen molar-refractivity contribution in [1.82, 2.24) is 4.57 Å². The van der Waals surface area contributed by atoms with Gasteiger partial charge in [0.05, 0.1) is 53.2 Å². The maximum atomic E-state index is 12.8. The molecule has 2 amide bonds. The van der Waals surface area contributed by atoms with Gasteiger partial charge in [0.1, 0.15) is 11.5 Å². The molecule has 4 rings (SSSR count).